The zero-order chi connectivity index (χ0) is 17.8. The van der Waals surface area contributed by atoms with Crippen molar-refractivity contribution in [2.45, 2.75) is 12.5 Å². The van der Waals surface area contributed by atoms with Gasteiger partial charge < -0.3 is 19.2 Å². The maximum absolute atomic E-state index is 13.6. The van der Waals surface area contributed by atoms with Gasteiger partial charge in [-0.15, -0.1) is 0 Å². The number of ether oxygens (including phenoxy) is 3. The molecule has 0 bridgehead atoms. The SMILES string of the molecule is COc1c2c(cc3c1[C@@H](c1c[nH]c4cc(F)ccc14)N(C)CC3)OCO2. The van der Waals surface area contributed by atoms with Gasteiger partial charge in [0.25, 0.3) is 0 Å². The number of halogens is 1. The number of fused-ring (bicyclic) bond motifs is 3. The van der Waals surface area contributed by atoms with Crippen molar-refractivity contribution in [1.82, 2.24) is 9.88 Å². The van der Waals surface area contributed by atoms with Crippen molar-refractivity contribution in [1.29, 1.82) is 0 Å². The van der Waals surface area contributed by atoms with Crippen molar-refractivity contribution in [3.63, 3.8) is 0 Å². The number of H-pyrrole nitrogens is 1. The highest BCUT2D eigenvalue weighted by Gasteiger charge is 2.35. The lowest BCUT2D eigenvalue weighted by Gasteiger charge is -2.35. The number of hydrogen-bond donors (Lipinski definition) is 1. The fourth-order valence-electron chi connectivity index (χ4n) is 4.17. The Bertz CT molecular complexity index is 1010. The van der Waals surface area contributed by atoms with Crippen LogP contribution in [0.2, 0.25) is 0 Å². The van der Waals surface area contributed by atoms with E-state index < -0.39 is 0 Å². The molecular formula is C20H19FN2O3. The average Bonchev–Trinajstić information content (AvgIpc) is 3.26. The van der Waals surface area contributed by atoms with Crippen molar-refractivity contribution in [2.24, 2.45) is 0 Å². The number of nitrogens with zero attached hydrogens (tertiary/aromatic N) is 1. The van der Waals surface area contributed by atoms with Gasteiger partial charge >= 0.3 is 0 Å². The van der Waals surface area contributed by atoms with Crippen molar-refractivity contribution < 1.29 is 18.6 Å². The number of benzene rings is 2. The predicted molar refractivity (Wildman–Crippen MR) is 95.6 cm³/mol. The average molecular weight is 354 g/mol. The zero-order valence-corrected chi connectivity index (χ0v) is 14.6. The quantitative estimate of drug-likeness (QED) is 0.764. The molecule has 2 aliphatic rings. The van der Waals surface area contributed by atoms with Crippen LogP contribution in [-0.4, -0.2) is 37.4 Å². The molecule has 0 unspecified atom stereocenters. The van der Waals surface area contributed by atoms with Crippen molar-refractivity contribution in [3.05, 3.63) is 53.0 Å². The minimum atomic E-state index is -0.246. The van der Waals surface area contributed by atoms with Gasteiger partial charge in [-0.25, -0.2) is 4.39 Å². The Morgan fingerprint density at radius 2 is 2.15 bits per heavy atom. The van der Waals surface area contributed by atoms with E-state index in [9.17, 15) is 4.39 Å². The summed E-state index contributed by atoms with van der Waals surface area (Å²) in [6.45, 7) is 1.12. The summed E-state index contributed by atoms with van der Waals surface area (Å²) in [5, 5.41) is 1.01. The summed E-state index contributed by atoms with van der Waals surface area (Å²) in [6, 6.07) is 6.91. The Balaban J connectivity index is 1.76. The molecule has 2 aromatic carbocycles. The van der Waals surface area contributed by atoms with Crippen LogP contribution in [0.3, 0.4) is 0 Å². The first kappa shape index (κ1) is 15.5. The standard InChI is InChI=1S/C20H19FN2O3/c1-23-6-5-11-7-16-19(26-10-25-16)20(24-2)17(11)18(23)14-9-22-15-8-12(21)3-4-13(14)15/h3-4,7-9,18,22H,5-6,10H2,1-2H3/t18-/m1/s1. The molecule has 0 aliphatic carbocycles. The highest BCUT2D eigenvalue weighted by atomic mass is 19.1. The molecule has 5 nitrogen and oxygen atoms in total. The van der Waals surface area contributed by atoms with Crippen LogP contribution in [0.15, 0.2) is 30.5 Å². The molecular weight excluding hydrogens is 335 g/mol. The normalized spacial score (nSPS) is 19.0. The molecule has 1 aromatic heterocycles. The molecule has 1 N–H and O–H groups in total. The molecule has 0 radical (unpaired) electrons. The number of methoxy groups -OCH3 is 1. The second-order valence-electron chi connectivity index (χ2n) is 6.78. The number of aromatic nitrogens is 1. The number of likely N-dealkylation sites (N-methyl/N-ethyl adjacent to an activating group) is 1. The van der Waals surface area contributed by atoms with Crippen LogP contribution in [-0.2, 0) is 6.42 Å². The zero-order valence-electron chi connectivity index (χ0n) is 14.6. The summed E-state index contributed by atoms with van der Waals surface area (Å²) >= 11 is 0. The van der Waals surface area contributed by atoms with E-state index in [-0.39, 0.29) is 18.7 Å². The fourth-order valence-corrected chi connectivity index (χ4v) is 4.17. The van der Waals surface area contributed by atoms with Gasteiger partial charge in [0.1, 0.15) is 5.82 Å². The smallest absolute Gasteiger partial charge is 0.231 e. The number of nitrogens with one attached hydrogen (secondary N) is 1. The van der Waals surface area contributed by atoms with E-state index >= 15 is 0 Å². The van der Waals surface area contributed by atoms with E-state index in [1.807, 2.05) is 12.3 Å². The Hall–Kier alpha value is -2.73. The highest BCUT2D eigenvalue weighted by molar-refractivity contribution is 5.84. The Labute approximate surface area is 150 Å². The third-order valence-corrected chi connectivity index (χ3v) is 5.37. The monoisotopic (exact) mass is 354 g/mol. The summed E-state index contributed by atoms with van der Waals surface area (Å²) < 4.78 is 30.6. The first-order valence-electron chi connectivity index (χ1n) is 8.63. The lowest BCUT2D eigenvalue weighted by molar-refractivity contribution is 0.171. The lowest BCUT2D eigenvalue weighted by atomic mass is 9.87. The largest absolute Gasteiger partial charge is 0.492 e. The van der Waals surface area contributed by atoms with Crippen LogP contribution in [0.5, 0.6) is 17.2 Å². The summed E-state index contributed by atoms with van der Waals surface area (Å²) in [4.78, 5) is 5.49. The molecule has 3 heterocycles. The van der Waals surface area contributed by atoms with Gasteiger partial charge in [0, 0.05) is 29.2 Å². The minimum absolute atomic E-state index is 0.0117. The summed E-state index contributed by atoms with van der Waals surface area (Å²) in [7, 11) is 3.76. The summed E-state index contributed by atoms with van der Waals surface area (Å²) in [5.74, 6) is 1.88. The summed E-state index contributed by atoms with van der Waals surface area (Å²) in [5.41, 5.74) is 4.18. The van der Waals surface area contributed by atoms with Crippen molar-refractivity contribution >= 4 is 10.9 Å². The van der Waals surface area contributed by atoms with Crippen molar-refractivity contribution in [3.8, 4) is 17.2 Å². The van der Waals surface area contributed by atoms with Gasteiger partial charge in [-0.3, -0.25) is 4.90 Å². The Morgan fingerprint density at radius 1 is 1.27 bits per heavy atom. The Morgan fingerprint density at radius 3 is 3.00 bits per heavy atom. The predicted octanol–water partition coefficient (Wildman–Crippen LogP) is 3.62. The molecule has 0 amide bonds. The van der Waals surface area contributed by atoms with E-state index in [0.29, 0.717) is 5.75 Å². The van der Waals surface area contributed by atoms with Gasteiger partial charge in [0.2, 0.25) is 12.5 Å². The molecule has 0 saturated carbocycles. The van der Waals surface area contributed by atoms with Gasteiger partial charge in [0.05, 0.1) is 13.2 Å². The van der Waals surface area contributed by atoms with Crippen LogP contribution in [0.1, 0.15) is 22.7 Å². The molecule has 2 aliphatic heterocycles. The highest BCUT2D eigenvalue weighted by Crippen LogP contribution is 2.51. The van der Waals surface area contributed by atoms with Gasteiger partial charge in [0.15, 0.2) is 11.5 Å². The fraction of sp³-hybridized carbons (Fsp3) is 0.300. The molecule has 3 aromatic rings. The van der Waals surface area contributed by atoms with E-state index in [4.69, 9.17) is 14.2 Å². The van der Waals surface area contributed by atoms with Crippen LogP contribution < -0.4 is 14.2 Å². The molecule has 26 heavy (non-hydrogen) atoms. The lowest BCUT2D eigenvalue weighted by Crippen LogP contribution is -2.33. The van der Waals surface area contributed by atoms with Gasteiger partial charge in [-0.05, 0) is 48.9 Å². The van der Waals surface area contributed by atoms with Crippen molar-refractivity contribution in [2.75, 3.05) is 27.5 Å². The van der Waals surface area contributed by atoms with Crippen LogP contribution in [0, 0.1) is 5.82 Å². The molecule has 5 rings (SSSR count). The molecule has 1 atom stereocenters. The molecule has 0 saturated heterocycles. The van der Waals surface area contributed by atoms with E-state index in [0.717, 1.165) is 46.5 Å². The van der Waals surface area contributed by atoms with E-state index in [2.05, 4.69) is 23.0 Å². The first-order chi connectivity index (χ1) is 12.7. The Kier molecular flexibility index (Phi) is 3.37. The minimum Gasteiger partial charge on any atom is -0.492 e. The van der Waals surface area contributed by atoms with Crippen LogP contribution >= 0.6 is 0 Å². The molecule has 0 fully saturated rings. The van der Waals surface area contributed by atoms with E-state index in [1.54, 1.807) is 7.11 Å². The number of hydrogen-bond acceptors (Lipinski definition) is 4. The van der Waals surface area contributed by atoms with Gasteiger partial charge in [-0.2, -0.15) is 0 Å². The van der Waals surface area contributed by atoms with Gasteiger partial charge in [-0.1, -0.05) is 0 Å². The number of rotatable bonds is 2. The first-order valence-corrected chi connectivity index (χ1v) is 8.63. The molecule has 6 heteroatoms. The maximum atomic E-state index is 13.6. The molecule has 134 valence electrons. The third-order valence-electron chi connectivity index (χ3n) is 5.37. The van der Waals surface area contributed by atoms with Crippen LogP contribution in [0.25, 0.3) is 10.9 Å². The maximum Gasteiger partial charge on any atom is 0.231 e. The summed E-state index contributed by atoms with van der Waals surface area (Å²) in [6.07, 6.45) is 2.87. The number of aromatic amines is 1. The second-order valence-corrected chi connectivity index (χ2v) is 6.78. The third kappa shape index (κ3) is 2.12. The van der Waals surface area contributed by atoms with Crippen LogP contribution in [0.4, 0.5) is 4.39 Å². The van der Waals surface area contributed by atoms with E-state index in [1.165, 1.54) is 17.7 Å². The molecule has 0 spiro atoms. The second kappa shape index (κ2) is 5.64. The topological polar surface area (TPSA) is 46.7 Å².